The Labute approximate surface area is 194 Å². The van der Waals surface area contributed by atoms with E-state index in [1.54, 1.807) is 16.2 Å². The fourth-order valence-electron chi connectivity index (χ4n) is 4.61. The Morgan fingerprint density at radius 2 is 1.85 bits per heavy atom. The van der Waals surface area contributed by atoms with Crippen LogP contribution in [0.2, 0.25) is 0 Å². The Morgan fingerprint density at radius 3 is 2.48 bits per heavy atom. The number of aryl methyl sites for hydroxylation is 1. The van der Waals surface area contributed by atoms with Crippen molar-refractivity contribution in [2.45, 2.75) is 46.7 Å². The fraction of sp³-hybridized carbons (Fsp3) is 0.480. The number of nitrogen functional groups attached to an aromatic ring is 1. The third-order valence-electron chi connectivity index (χ3n) is 6.40. The van der Waals surface area contributed by atoms with E-state index in [9.17, 15) is 9.59 Å². The molecule has 1 amide bonds. The number of imidazole rings is 1. The zero-order valence-corrected chi connectivity index (χ0v) is 20.0. The van der Waals surface area contributed by atoms with Crippen LogP contribution in [0.25, 0.3) is 22.4 Å². The number of nitrogens with zero attached hydrogens (tertiary/aromatic N) is 4. The molecule has 4 rings (SSSR count). The first kappa shape index (κ1) is 23.0. The van der Waals surface area contributed by atoms with E-state index in [0.29, 0.717) is 17.9 Å². The van der Waals surface area contributed by atoms with E-state index in [1.807, 2.05) is 24.3 Å². The molecule has 3 heterocycles. The molecule has 0 aliphatic carbocycles. The number of fused-ring (bicyclic) bond motifs is 1. The summed E-state index contributed by atoms with van der Waals surface area (Å²) >= 11 is 0. The van der Waals surface area contributed by atoms with Crippen molar-refractivity contribution in [1.29, 1.82) is 0 Å². The van der Waals surface area contributed by atoms with Gasteiger partial charge in [-0.05, 0) is 61.2 Å². The number of amides is 1. The van der Waals surface area contributed by atoms with Gasteiger partial charge in [-0.1, -0.05) is 26.8 Å². The molecule has 0 unspecified atom stereocenters. The Kier molecular flexibility index (Phi) is 6.05. The lowest BCUT2D eigenvalue weighted by atomic mass is 9.95. The molecule has 0 saturated carbocycles. The lowest BCUT2D eigenvalue weighted by molar-refractivity contribution is -0.123. The Bertz CT molecular complexity index is 1240. The van der Waals surface area contributed by atoms with Gasteiger partial charge >= 0.3 is 5.69 Å². The zero-order chi connectivity index (χ0) is 23.9. The number of piperidine rings is 1. The minimum absolute atomic E-state index is 0.0172. The van der Waals surface area contributed by atoms with Gasteiger partial charge in [-0.15, -0.1) is 0 Å². The third-order valence-corrected chi connectivity index (χ3v) is 6.40. The molecule has 33 heavy (non-hydrogen) atoms. The molecule has 0 spiro atoms. The summed E-state index contributed by atoms with van der Waals surface area (Å²) in [5.74, 6) is -0.215. The molecule has 176 valence electrons. The molecule has 1 aliphatic rings. The van der Waals surface area contributed by atoms with E-state index >= 15 is 0 Å². The molecule has 8 heteroatoms. The first-order valence-electron chi connectivity index (χ1n) is 11.5. The summed E-state index contributed by atoms with van der Waals surface area (Å²) in [6, 6.07) is 9.93. The van der Waals surface area contributed by atoms with Gasteiger partial charge in [0, 0.05) is 37.3 Å². The second-order valence-corrected chi connectivity index (χ2v) is 10.4. The van der Waals surface area contributed by atoms with Gasteiger partial charge in [0.25, 0.3) is 0 Å². The van der Waals surface area contributed by atoms with Crippen molar-refractivity contribution in [3.8, 4) is 11.3 Å². The zero-order valence-electron chi connectivity index (χ0n) is 20.0. The molecule has 2 aromatic heterocycles. The second-order valence-electron chi connectivity index (χ2n) is 10.4. The van der Waals surface area contributed by atoms with E-state index in [0.717, 1.165) is 54.8 Å². The van der Waals surface area contributed by atoms with E-state index < -0.39 is 0 Å². The number of likely N-dealkylation sites (tertiary alicyclic amines) is 1. The molecule has 0 bridgehead atoms. The second kappa shape index (κ2) is 8.67. The SMILES string of the molecule is Cn1c(=O)n(CC(C)(C)C)c2ccc(-c3cc(CN4CCC(C(N)=O)CC4)ccc3N)nc21. The van der Waals surface area contributed by atoms with Crippen LogP contribution in [0.4, 0.5) is 5.69 Å². The maximum atomic E-state index is 12.8. The Morgan fingerprint density at radius 1 is 1.15 bits per heavy atom. The largest absolute Gasteiger partial charge is 0.398 e. The van der Waals surface area contributed by atoms with Crippen LogP contribution >= 0.6 is 0 Å². The summed E-state index contributed by atoms with van der Waals surface area (Å²) in [6.45, 7) is 9.44. The van der Waals surface area contributed by atoms with Gasteiger partial charge in [0.15, 0.2) is 5.65 Å². The van der Waals surface area contributed by atoms with Gasteiger partial charge < -0.3 is 11.5 Å². The van der Waals surface area contributed by atoms with Gasteiger partial charge in [0.05, 0.1) is 11.2 Å². The lowest BCUT2D eigenvalue weighted by Gasteiger charge is -2.30. The monoisotopic (exact) mass is 450 g/mol. The number of hydrogen-bond acceptors (Lipinski definition) is 5. The van der Waals surface area contributed by atoms with Crippen LogP contribution in [0.5, 0.6) is 0 Å². The summed E-state index contributed by atoms with van der Waals surface area (Å²) in [4.78, 5) is 31.4. The summed E-state index contributed by atoms with van der Waals surface area (Å²) in [5.41, 5.74) is 16.6. The van der Waals surface area contributed by atoms with Crippen LogP contribution in [0.1, 0.15) is 39.2 Å². The van der Waals surface area contributed by atoms with Crippen LogP contribution in [0.15, 0.2) is 35.1 Å². The fourth-order valence-corrected chi connectivity index (χ4v) is 4.61. The first-order valence-corrected chi connectivity index (χ1v) is 11.5. The van der Waals surface area contributed by atoms with Crippen LogP contribution in [0.3, 0.4) is 0 Å². The number of carbonyl (C=O) groups is 1. The maximum absolute atomic E-state index is 12.8. The average Bonchev–Trinajstić information content (AvgIpc) is 2.98. The Hall–Kier alpha value is -3.13. The molecule has 1 fully saturated rings. The van der Waals surface area contributed by atoms with Crippen LogP contribution in [-0.2, 0) is 24.9 Å². The number of anilines is 1. The van der Waals surface area contributed by atoms with E-state index in [1.165, 1.54) is 0 Å². The highest BCUT2D eigenvalue weighted by Gasteiger charge is 2.23. The van der Waals surface area contributed by atoms with Crippen LogP contribution in [0, 0.1) is 11.3 Å². The summed E-state index contributed by atoms with van der Waals surface area (Å²) in [7, 11) is 1.76. The normalized spacial score (nSPS) is 15.9. The Balaban J connectivity index is 1.62. The number of rotatable bonds is 5. The van der Waals surface area contributed by atoms with Gasteiger partial charge in [0.2, 0.25) is 5.91 Å². The molecular weight excluding hydrogens is 416 g/mol. The molecule has 1 aliphatic heterocycles. The van der Waals surface area contributed by atoms with Crippen molar-refractivity contribution in [3.63, 3.8) is 0 Å². The molecule has 1 aromatic carbocycles. The molecule has 1 saturated heterocycles. The van der Waals surface area contributed by atoms with Crippen molar-refractivity contribution >= 4 is 22.8 Å². The minimum atomic E-state index is -0.198. The topological polar surface area (TPSA) is 112 Å². The molecule has 0 radical (unpaired) electrons. The first-order chi connectivity index (χ1) is 15.5. The summed E-state index contributed by atoms with van der Waals surface area (Å²) in [5, 5.41) is 0. The van der Waals surface area contributed by atoms with Gasteiger partial charge in [-0.2, -0.15) is 0 Å². The van der Waals surface area contributed by atoms with Crippen LogP contribution < -0.4 is 17.2 Å². The summed E-state index contributed by atoms with van der Waals surface area (Å²) in [6.07, 6.45) is 1.60. The third kappa shape index (κ3) is 4.80. The van der Waals surface area contributed by atoms with E-state index in [-0.39, 0.29) is 22.9 Å². The number of aromatic nitrogens is 3. The number of carbonyl (C=O) groups excluding carboxylic acids is 1. The average molecular weight is 451 g/mol. The standard InChI is InChI=1S/C25H34N6O2/c1-25(2,3)15-31-21-8-7-20(28-23(21)29(4)24(31)33)18-13-16(5-6-19(18)26)14-30-11-9-17(10-12-30)22(27)32/h5-8,13,17H,9-12,14-15,26H2,1-4H3,(H2,27,32). The highest BCUT2D eigenvalue weighted by atomic mass is 16.2. The number of hydrogen-bond donors (Lipinski definition) is 2. The molecule has 8 nitrogen and oxygen atoms in total. The number of benzene rings is 1. The van der Waals surface area contributed by atoms with Gasteiger partial charge in [-0.3, -0.25) is 18.8 Å². The van der Waals surface area contributed by atoms with Crippen molar-refractivity contribution in [1.82, 2.24) is 19.0 Å². The molecule has 3 aromatic rings. The van der Waals surface area contributed by atoms with Gasteiger partial charge in [-0.25, -0.2) is 9.78 Å². The smallest absolute Gasteiger partial charge is 0.330 e. The van der Waals surface area contributed by atoms with Crippen molar-refractivity contribution in [3.05, 3.63) is 46.4 Å². The molecule has 4 N–H and O–H groups in total. The number of primary amides is 1. The van der Waals surface area contributed by atoms with Crippen molar-refractivity contribution in [2.75, 3.05) is 18.8 Å². The number of pyridine rings is 1. The van der Waals surface area contributed by atoms with Crippen molar-refractivity contribution in [2.24, 2.45) is 24.1 Å². The molecule has 0 atom stereocenters. The predicted molar refractivity (Wildman–Crippen MR) is 131 cm³/mol. The number of nitrogens with two attached hydrogens (primary N) is 2. The lowest BCUT2D eigenvalue weighted by Crippen LogP contribution is -2.38. The highest BCUT2D eigenvalue weighted by molar-refractivity contribution is 5.80. The quantitative estimate of drug-likeness (QED) is 0.581. The maximum Gasteiger partial charge on any atom is 0.330 e. The van der Waals surface area contributed by atoms with Gasteiger partial charge in [0.1, 0.15) is 0 Å². The minimum Gasteiger partial charge on any atom is -0.398 e. The van der Waals surface area contributed by atoms with Crippen molar-refractivity contribution < 1.29 is 4.79 Å². The summed E-state index contributed by atoms with van der Waals surface area (Å²) < 4.78 is 3.40. The van der Waals surface area contributed by atoms with Crippen LogP contribution in [-0.4, -0.2) is 38.0 Å². The van der Waals surface area contributed by atoms with E-state index in [2.05, 4.69) is 31.7 Å². The predicted octanol–water partition coefficient (Wildman–Crippen LogP) is 2.73. The highest BCUT2D eigenvalue weighted by Crippen LogP contribution is 2.29. The van der Waals surface area contributed by atoms with E-state index in [4.69, 9.17) is 16.5 Å². The molecular formula is C25H34N6O2.